The molecule has 0 unspecified atom stereocenters. The number of benzene rings is 1. The van der Waals surface area contributed by atoms with Crippen molar-refractivity contribution in [3.8, 4) is 0 Å². The summed E-state index contributed by atoms with van der Waals surface area (Å²) in [4.78, 5) is 16.9. The van der Waals surface area contributed by atoms with Gasteiger partial charge in [0.1, 0.15) is 0 Å². The zero-order valence-electron chi connectivity index (χ0n) is 14.0. The highest BCUT2D eigenvalue weighted by Gasteiger charge is 2.24. The number of nitrogens with zero attached hydrogens (tertiary/aromatic N) is 2. The molecule has 23 heavy (non-hydrogen) atoms. The third-order valence-electron chi connectivity index (χ3n) is 5.04. The van der Waals surface area contributed by atoms with Crippen LogP contribution in [0.4, 0.5) is 0 Å². The average Bonchev–Trinajstić information content (AvgIpc) is 2.56. The minimum Gasteiger partial charge on any atom is -0.337 e. The fourth-order valence-corrected chi connectivity index (χ4v) is 3.64. The Morgan fingerprint density at radius 3 is 2.57 bits per heavy atom. The van der Waals surface area contributed by atoms with Crippen LogP contribution < -0.4 is 5.32 Å². The van der Waals surface area contributed by atoms with E-state index >= 15 is 0 Å². The van der Waals surface area contributed by atoms with Gasteiger partial charge in [-0.1, -0.05) is 24.3 Å². The molecule has 1 aromatic rings. The van der Waals surface area contributed by atoms with Crippen molar-refractivity contribution in [2.45, 2.75) is 25.8 Å². The molecule has 2 heterocycles. The van der Waals surface area contributed by atoms with Gasteiger partial charge in [-0.05, 0) is 63.0 Å². The van der Waals surface area contributed by atoms with E-state index in [1.807, 2.05) is 11.9 Å². The first-order valence-corrected chi connectivity index (χ1v) is 8.48. The van der Waals surface area contributed by atoms with Gasteiger partial charge in [-0.2, -0.15) is 0 Å². The molecule has 0 atom stereocenters. The molecule has 0 aliphatic carbocycles. The second-order valence-electron chi connectivity index (χ2n) is 6.61. The number of nitrogens with one attached hydrogen (secondary N) is 1. The van der Waals surface area contributed by atoms with Crippen molar-refractivity contribution in [2.75, 3.05) is 39.8 Å². The summed E-state index contributed by atoms with van der Waals surface area (Å²) >= 11 is 0. The van der Waals surface area contributed by atoms with Crippen LogP contribution in [0.5, 0.6) is 0 Å². The number of rotatable bonds is 4. The largest absolute Gasteiger partial charge is 0.337 e. The molecule has 1 amide bonds. The van der Waals surface area contributed by atoms with Crippen molar-refractivity contribution in [1.82, 2.24) is 15.1 Å². The summed E-state index contributed by atoms with van der Waals surface area (Å²) in [5, 5.41) is 3.26. The Labute approximate surface area is 145 Å². The van der Waals surface area contributed by atoms with Gasteiger partial charge in [0.15, 0.2) is 0 Å². The Hall–Kier alpha value is -1.10. The molecule has 0 aromatic heterocycles. The van der Waals surface area contributed by atoms with E-state index in [0.29, 0.717) is 12.5 Å². The fourth-order valence-electron chi connectivity index (χ4n) is 3.64. The van der Waals surface area contributed by atoms with Gasteiger partial charge in [0.2, 0.25) is 5.91 Å². The summed E-state index contributed by atoms with van der Waals surface area (Å²) in [7, 11) is 2.02. The number of likely N-dealkylation sites (tertiary alicyclic amines) is 1. The molecule has 0 saturated carbocycles. The Kier molecular flexibility index (Phi) is 6.88. The molecule has 0 spiro atoms. The van der Waals surface area contributed by atoms with Gasteiger partial charge in [0.05, 0.1) is 6.54 Å². The number of carbonyl (C=O) groups excluding carboxylic acids is 1. The number of fused-ring (bicyclic) bond motifs is 1. The topological polar surface area (TPSA) is 35.6 Å². The zero-order valence-corrected chi connectivity index (χ0v) is 14.8. The molecular formula is C18H28ClN3O. The van der Waals surface area contributed by atoms with Crippen LogP contribution in [-0.4, -0.2) is 55.5 Å². The minimum atomic E-state index is 0. The first-order chi connectivity index (χ1) is 10.8. The predicted octanol–water partition coefficient (Wildman–Crippen LogP) is 1.92. The van der Waals surface area contributed by atoms with Gasteiger partial charge in [-0.3, -0.25) is 9.69 Å². The van der Waals surface area contributed by atoms with Gasteiger partial charge in [-0.25, -0.2) is 0 Å². The fraction of sp³-hybridized carbons (Fsp3) is 0.611. The molecule has 1 saturated heterocycles. The Morgan fingerprint density at radius 1 is 1.17 bits per heavy atom. The molecule has 0 radical (unpaired) electrons. The SMILES string of the molecule is CNCC1CCN(CC(=O)N2CCc3ccccc3C2)CC1.Cl. The first-order valence-electron chi connectivity index (χ1n) is 8.48. The maximum atomic E-state index is 12.6. The lowest BCUT2D eigenvalue weighted by atomic mass is 9.96. The maximum absolute atomic E-state index is 12.6. The zero-order chi connectivity index (χ0) is 15.4. The van der Waals surface area contributed by atoms with Crippen molar-refractivity contribution < 1.29 is 4.79 Å². The number of hydrogen-bond acceptors (Lipinski definition) is 3. The molecule has 2 aliphatic heterocycles. The Balaban J connectivity index is 0.00000192. The second kappa shape index (κ2) is 8.67. The summed E-state index contributed by atoms with van der Waals surface area (Å²) in [6.45, 7) is 5.46. The molecule has 1 fully saturated rings. The first kappa shape index (κ1) is 18.2. The molecule has 5 heteroatoms. The number of hydrogen-bond donors (Lipinski definition) is 1. The van der Waals surface area contributed by atoms with Gasteiger partial charge >= 0.3 is 0 Å². The number of amides is 1. The predicted molar refractivity (Wildman–Crippen MR) is 95.9 cm³/mol. The summed E-state index contributed by atoms with van der Waals surface area (Å²) in [6, 6.07) is 8.49. The van der Waals surface area contributed by atoms with E-state index in [0.717, 1.165) is 45.1 Å². The molecule has 0 bridgehead atoms. The van der Waals surface area contributed by atoms with Crippen LogP contribution in [0.2, 0.25) is 0 Å². The normalized spacial score (nSPS) is 19.1. The highest BCUT2D eigenvalue weighted by molar-refractivity contribution is 5.85. The molecule has 2 aliphatic rings. The van der Waals surface area contributed by atoms with Crippen LogP contribution >= 0.6 is 12.4 Å². The van der Waals surface area contributed by atoms with E-state index in [9.17, 15) is 4.79 Å². The van der Waals surface area contributed by atoms with Crippen molar-refractivity contribution in [3.05, 3.63) is 35.4 Å². The molecule has 128 valence electrons. The molecule has 3 rings (SSSR count). The molecule has 4 nitrogen and oxygen atoms in total. The van der Waals surface area contributed by atoms with Crippen LogP contribution in [0.1, 0.15) is 24.0 Å². The Morgan fingerprint density at radius 2 is 1.87 bits per heavy atom. The van der Waals surface area contributed by atoms with Gasteiger partial charge < -0.3 is 10.2 Å². The van der Waals surface area contributed by atoms with E-state index in [4.69, 9.17) is 0 Å². The second-order valence-corrected chi connectivity index (χ2v) is 6.61. The third kappa shape index (κ3) is 4.69. The standard InChI is InChI=1S/C18H27N3O.ClH/c1-19-12-15-6-9-20(10-7-15)14-18(22)21-11-8-16-4-2-3-5-17(16)13-21;/h2-5,15,19H,6-14H2,1H3;1H. The lowest BCUT2D eigenvalue weighted by Gasteiger charge is -2.34. The minimum absolute atomic E-state index is 0. The van der Waals surface area contributed by atoms with Crippen LogP contribution in [-0.2, 0) is 17.8 Å². The number of halogens is 1. The van der Waals surface area contributed by atoms with E-state index in [1.165, 1.54) is 24.0 Å². The van der Waals surface area contributed by atoms with Gasteiger partial charge in [0.25, 0.3) is 0 Å². The third-order valence-corrected chi connectivity index (χ3v) is 5.04. The van der Waals surface area contributed by atoms with E-state index < -0.39 is 0 Å². The number of carbonyl (C=O) groups is 1. The highest BCUT2D eigenvalue weighted by Crippen LogP contribution is 2.20. The van der Waals surface area contributed by atoms with Crippen molar-refractivity contribution in [2.24, 2.45) is 5.92 Å². The lowest BCUT2D eigenvalue weighted by Crippen LogP contribution is -2.45. The highest BCUT2D eigenvalue weighted by atomic mass is 35.5. The monoisotopic (exact) mass is 337 g/mol. The summed E-state index contributed by atoms with van der Waals surface area (Å²) in [5.41, 5.74) is 2.72. The summed E-state index contributed by atoms with van der Waals surface area (Å²) in [5.74, 6) is 1.07. The van der Waals surface area contributed by atoms with E-state index in [1.54, 1.807) is 0 Å². The molecular weight excluding hydrogens is 310 g/mol. The van der Waals surface area contributed by atoms with E-state index in [-0.39, 0.29) is 12.4 Å². The van der Waals surface area contributed by atoms with Crippen LogP contribution in [0.25, 0.3) is 0 Å². The van der Waals surface area contributed by atoms with Crippen molar-refractivity contribution in [1.29, 1.82) is 0 Å². The van der Waals surface area contributed by atoms with Gasteiger partial charge in [-0.15, -0.1) is 12.4 Å². The molecule has 1 aromatic carbocycles. The number of piperidine rings is 1. The van der Waals surface area contributed by atoms with Crippen molar-refractivity contribution >= 4 is 18.3 Å². The van der Waals surface area contributed by atoms with Crippen LogP contribution in [0, 0.1) is 5.92 Å². The van der Waals surface area contributed by atoms with Crippen LogP contribution in [0.15, 0.2) is 24.3 Å². The van der Waals surface area contributed by atoms with E-state index in [2.05, 4.69) is 34.5 Å². The van der Waals surface area contributed by atoms with Gasteiger partial charge in [0, 0.05) is 13.1 Å². The summed E-state index contributed by atoms with van der Waals surface area (Å²) in [6.07, 6.45) is 3.40. The van der Waals surface area contributed by atoms with Crippen LogP contribution in [0.3, 0.4) is 0 Å². The molecule has 1 N–H and O–H groups in total. The maximum Gasteiger partial charge on any atom is 0.237 e. The Bertz CT molecular complexity index is 515. The average molecular weight is 338 g/mol. The smallest absolute Gasteiger partial charge is 0.237 e. The van der Waals surface area contributed by atoms with Crippen molar-refractivity contribution in [3.63, 3.8) is 0 Å². The lowest BCUT2D eigenvalue weighted by molar-refractivity contribution is -0.133. The summed E-state index contributed by atoms with van der Waals surface area (Å²) < 4.78 is 0. The quantitative estimate of drug-likeness (QED) is 0.912.